The summed E-state index contributed by atoms with van der Waals surface area (Å²) in [5, 5.41) is 15.9. The third-order valence-electron chi connectivity index (χ3n) is 5.46. The van der Waals surface area contributed by atoms with Crippen LogP contribution in [-0.4, -0.2) is 44.5 Å². The van der Waals surface area contributed by atoms with E-state index in [1.165, 1.54) is 18.2 Å². The lowest BCUT2D eigenvalue weighted by Crippen LogP contribution is -2.39. The van der Waals surface area contributed by atoms with Gasteiger partial charge >= 0.3 is 0 Å². The number of nitrogens with zero attached hydrogens (tertiary/aromatic N) is 4. The number of likely N-dealkylation sites (tertiary alicyclic amines) is 1. The summed E-state index contributed by atoms with van der Waals surface area (Å²) >= 11 is 0. The summed E-state index contributed by atoms with van der Waals surface area (Å²) in [5.74, 6) is -1.19. The highest BCUT2D eigenvalue weighted by Crippen LogP contribution is 2.31. The lowest BCUT2D eigenvalue weighted by molar-refractivity contribution is -0.385. The van der Waals surface area contributed by atoms with E-state index in [9.17, 15) is 19.7 Å². The number of para-hydroxylation sites is 2. The van der Waals surface area contributed by atoms with Gasteiger partial charge in [-0.2, -0.15) is 5.10 Å². The molecular formula is C22H21N5O4. The minimum absolute atomic E-state index is 0.0538. The lowest BCUT2D eigenvalue weighted by Gasteiger charge is -2.32. The fourth-order valence-electron chi connectivity index (χ4n) is 3.96. The number of carbonyl (C=O) groups excluding carboxylic acids is 2. The summed E-state index contributed by atoms with van der Waals surface area (Å²) in [6.07, 6.45) is 3.02. The van der Waals surface area contributed by atoms with Crippen LogP contribution in [0, 0.1) is 10.1 Å². The van der Waals surface area contributed by atoms with Crippen LogP contribution in [-0.2, 0) is 0 Å². The van der Waals surface area contributed by atoms with Gasteiger partial charge in [0.1, 0.15) is 5.56 Å². The first-order valence-electron chi connectivity index (χ1n) is 9.93. The van der Waals surface area contributed by atoms with Gasteiger partial charge in [0, 0.05) is 31.3 Å². The zero-order chi connectivity index (χ0) is 22.0. The molecule has 9 nitrogen and oxygen atoms in total. The molecule has 0 aliphatic carbocycles. The number of primary amides is 1. The molecule has 0 spiro atoms. The van der Waals surface area contributed by atoms with Crippen LogP contribution in [0.15, 0.2) is 60.8 Å². The maximum absolute atomic E-state index is 13.1. The van der Waals surface area contributed by atoms with Gasteiger partial charge in [-0.1, -0.05) is 30.3 Å². The van der Waals surface area contributed by atoms with Crippen molar-refractivity contribution in [3.63, 3.8) is 0 Å². The molecule has 3 aromatic rings. The first-order chi connectivity index (χ1) is 15.0. The number of nitro benzene ring substituents is 1. The van der Waals surface area contributed by atoms with Gasteiger partial charge < -0.3 is 10.6 Å². The topological polar surface area (TPSA) is 124 Å². The predicted molar refractivity (Wildman–Crippen MR) is 113 cm³/mol. The van der Waals surface area contributed by atoms with Crippen molar-refractivity contribution in [2.75, 3.05) is 13.1 Å². The van der Waals surface area contributed by atoms with Gasteiger partial charge in [-0.3, -0.25) is 19.7 Å². The number of hydrogen-bond acceptors (Lipinski definition) is 5. The molecule has 2 heterocycles. The van der Waals surface area contributed by atoms with E-state index in [2.05, 4.69) is 5.10 Å². The molecular weight excluding hydrogens is 398 g/mol. The van der Waals surface area contributed by atoms with Crippen LogP contribution in [0.25, 0.3) is 5.69 Å². The second-order valence-corrected chi connectivity index (χ2v) is 7.44. The quantitative estimate of drug-likeness (QED) is 0.503. The van der Waals surface area contributed by atoms with Gasteiger partial charge in [0.05, 0.1) is 21.9 Å². The maximum Gasteiger partial charge on any atom is 0.282 e. The smallest absolute Gasteiger partial charge is 0.282 e. The number of hydrogen-bond donors (Lipinski definition) is 1. The molecule has 31 heavy (non-hydrogen) atoms. The summed E-state index contributed by atoms with van der Waals surface area (Å²) in [5.41, 5.74) is 7.08. The third-order valence-corrected chi connectivity index (χ3v) is 5.46. The van der Waals surface area contributed by atoms with Crippen LogP contribution in [0.4, 0.5) is 5.69 Å². The first-order valence-corrected chi connectivity index (χ1v) is 9.93. The number of nitrogens with two attached hydrogens (primary N) is 1. The highest BCUT2D eigenvalue weighted by atomic mass is 16.6. The minimum atomic E-state index is -0.584. The van der Waals surface area contributed by atoms with E-state index in [1.807, 2.05) is 30.3 Å². The van der Waals surface area contributed by atoms with Crippen molar-refractivity contribution in [1.29, 1.82) is 0 Å². The summed E-state index contributed by atoms with van der Waals surface area (Å²) < 4.78 is 1.61. The van der Waals surface area contributed by atoms with Crippen molar-refractivity contribution >= 4 is 17.5 Å². The maximum atomic E-state index is 13.1. The normalized spacial score (nSPS) is 16.1. The second kappa shape index (κ2) is 8.39. The molecule has 1 saturated heterocycles. The Kier molecular flexibility index (Phi) is 5.48. The van der Waals surface area contributed by atoms with E-state index >= 15 is 0 Å². The Bertz CT molecular complexity index is 1140. The predicted octanol–water partition coefficient (Wildman–Crippen LogP) is 2.90. The van der Waals surface area contributed by atoms with Gasteiger partial charge in [0.15, 0.2) is 0 Å². The molecule has 2 aromatic carbocycles. The number of rotatable bonds is 5. The number of nitro groups is 1. The van der Waals surface area contributed by atoms with E-state index in [1.54, 1.807) is 21.8 Å². The highest BCUT2D eigenvalue weighted by Gasteiger charge is 2.32. The number of carbonyl (C=O) groups is 2. The number of piperidine rings is 1. The lowest BCUT2D eigenvalue weighted by atomic mass is 9.92. The van der Waals surface area contributed by atoms with Crippen LogP contribution in [0.2, 0.25) is 0 Å². The Labute approximate surface area is 178 Å². The molecule has 1 fully saturated rings. The molecule has 0 unspecified atom stereocenters. The fourth-order valence-corrected chi connectivity index (χ4v) is 3.96. The molecule has 158 valence electrons. The van der Waals surface area contributed by atoms with E-state index in [-0.39, 0.29) is 17.2 Å². The molecule has 2 amide bonds. The van der Waals surface area contributed by atoms with Crippen molar-refractivity contribution in [2.45, 2.75) is 18.8 Å². The van der Waals surface area contributed by atoms with Crippen molar-refractivity contribution in [3.8, 4) is 5.69 Å². The summed E-state index contributed by atoms with van der Waals surface area (Å²) in [6.45, 7) is 0.781. The third kappa shape index (κ3) is 4.02. The molecule has 1 aliphatic rings. The highest BCUT2D eigenvalue weighted by molar-refractivity contribution is 5.98. The average molecular weight is 419 g/mol. The van der Waals surface area contributed by atoms with Crippen LogP contribution in [0.3, 0.4) is 0 Å². The Morgan fingerprint density at radius 2 is 1.77 bits per heavy atom. The first kappa shape index (κ1) is 20.3. The number of benzene rings is 2. The van der Waals surface area contributed by atoms with Crippen LogP contribution < -0.4 is 5.73 Å². The van der Waals surface area contributed by atoms with E-state index < -0.39 is 16.7 Å². The Morgan fingerprint density at radius 3 is 2.48 bits per heavy atom. The van der Waals surface area contributed by atoms with Crippen molar-refractivity contribution in [3.05, 3.63) is 87.7 Å². The van der Waals surface area contributed by atoms with Crippen LogP contribution in [0.5, 0.6) is 0 Å². The molecule has 1 aliphatic heterocycles. The molecule has 0 radical (unpaired) electrons. The summed E-state index contributed by atoms with van der Waals surface area (Å²) in [4.78, 5) is 37.5. The van der Waals surface area contributed by atoms with Gasteiger partial charge in [-0.25, -0.2) is 4.68 Å². The van der Waals surface area contributed by atoms with E-state index in [0.29, 0.717) is 30.8 Å². The SMILES string of the molecule is NC(=O)c1cn(-c2ccccc2)nc1[C@H]1CCCN(C(=O)c2ccccc2[N+](=O)[O-])C1. The average Bonchev–Trinajstić information content (AvgIpc) is 3.25. The van der Waals surface area contributed by atoms with Gasteiger partial charge in [0.25, 0.3) is 17.5 Å². The number of amides is 2. The molecule has 9 heteroatoms. The monoisotopic (exact) mass is 419 g/mol. The van der Waals surface area contributed by atoms with Crippen LogP contribution in [0.1, 0.15) is 45.2 Å². The minimum Gasteiger partial charge on any atom is -0.365 e. The molecule has 1 aromatic heterocycles. The zero-order valence-electron chi connectivity index (χ0n) is 16.7. The van der Waals surface area contributed by atoms with Crippen molar-refractivity contribution in [1.82, 2.24) is 14.7 Å². The molecule has 4 rings (SSSR count). The van der Waals surface area contributed by atoms with E-state index in [4.69, 9.17) is 5.73 Å². The standard InChI is InChI=1S/C22H21N5O4/c23-21(28)18-14-26(16-8-2-1-3-9-16)24-20(18)15-7-6-12-25(13-15)22(29)17-10-4-5-11-19(17)27(30)31/h1-5,8-11,14-15H,6-7,12-13H2,(H2,23,28)/t15-/m0/s1. The van der Waals surface area contributed by atoms with Gasteiger partial charge in [-0.05, 0) is 31.0 Å². The summed E-state index contributed by atoms with van der Waals surface area (Å²) in [6, 6.07) is 15.3. The van der Waals surface area contributed by atoms with Gasteiger partial charge in [-0.15, -0.1) is 0 Å². The van der Waals surface area contributed by atoms with E-state index in [0.717, 1.165) is 12.1 Å². The van der Waals surface area contributed by atoms with Crippen LogP contribution >= 0.6 is 0 Å². The molecule has 0 saturated carbocycles. The molecule has 1 atom stereocenters. The molecule has 2 N–H and O–H groups in total. The Hall–Kier alpha value is -4.01. The van der Waals surface area contributed by atoms with Crippen molar-refractivity contribution in [2.24, 2.45) is 5.73 Å². The second-order valence-electron chi connectivity index (χ2n) is 7.44. The Morgan fingerprint density at radius 1 is 1.06 bits per heavy atom. The van der Waals surface area contributed by atoms with Gasteiger partial charge in [0.2, 0.25) is 0 Å². The van der Waals surface area contributed by atoms with Crippen molar-refractivity contribution < 1.29 is 14.5 Å². The number of aromatic nitrogens is 2. The zero-order valence-corrected chi connectivity index (χ0v) is 16.7. The Balaban J connectivity index is 1.63. The summed E-state index contributed by atoms with van der Waals surface area (Å²) in [7, 11) is 0. The molecule has 0 bridgehead atoms. The largest absolute Gasteiger partial charge is 0.365 e. The fraction of sp³-hybridized carbons (Fsp3) is 0.227.